The zero-order valence-electron chi connectivity index (χ0n) is 16.3. The minimum absolute atomic E-state index is 0.108. The van der Waals surface area contributed by atoms with Crippen LogP contribution in [0.4, 0.5) is 16.2 Å². The highest BCUT2D eigenvalue weighted by atomic mass is 127. The van der Waals surface area contributed by atoms with Gasteiger partial charge in [0.2, 0.25) is 15.9 Å². The second-order valence-electron chi connectivity index (χ2n) is 6.84. The summed E-state index contributed by atoms with van der Waals surface area (Å²) in [4.78, 5) is 24.0. The maximum absolute atomic E-state index is 13.0. The number of amides is 2. The van der Waals surface area contributed by atoms with Gasteiger partial charge in [-0.2, -0.15) is 4.31 Å². The minimum atomic E-state index is -3.75. The first kappa shape index (κ1) is 22.5. The summed E-state index contributed by atoms with van der Waals surface area (Å²) in [5.74, 6) is -0.609. The highest BCUT2D eigenvalue weighted by Gasteiger charge is 2.33. The van der Waals surface area contributed by atoms with Crippen LogP contribution in [0.5, 0.6) is 0 Å². The molecule has 0 radical (unpaired) electrons. The number of carbonyl (C=O) groups excluding carboxylic acids is 2. The maximum atomic E-state index is 13.0. The second-order valence-corrected chi connectivity index (χ2v) is 10.0. The number of hydrogen-bond acceptors (Lipinski definition) is 5. The fourth-order valence-electron chi connectivity index (χ4n) is 3.18. The number of hydrogen-bond donors (Lipinski definition) is 2. The fraction of sp³-hybridized carbons (Fsp3) is 0.300. The van der Waals surface area contributed by atoms with Gasteiger partial charge >= 0.3 is 6.09 Å². The van der Waals surface area contributed by atoms with Crippen LogP contribution in [0.1, 0.15) is 12.8 Å². The summed E-state index contributed by atoms with van der Waals surface area (Å²) in [6.07, 6.45) is 0.597. The zero-order chi connectivity index (χ0) is 21.7. The van der Waals surface area contributed by atoms with Gasteiger partial charge in [-0.25, -0.2) is 13.2 Å². The van der Waals surface area contributed by atoms with Gasteiger partial charge in [0, 0.05) is 28.0 Å². The van der Waals surface area contributed by atoms with Gasteiger partial charge in [0.05, 0.1) is 17.9 Å². The molecule has 1 fully saturated rings. The average Bonchev–Trinajstić information content (AvgIpc) is 2.75. The number of anilines is 2. The highest BCUT2D eigenvalue weighted by molar-refractivity contribution is 14.1. The van der Waals surface area contributed by atoms with E-state index in [1.807, 2.05) is 24.3 Å². The van der Waals surface area contributed by atoms with Gasteiger partial charge < -0.3 is 10.1 Å². The lowest BCUT2D eigenvalue weighted by atomic mass is 9.99. The summed E-state index contributed by atoms with van der Waals surface area (Å²) < 4.78 is 33.0. The Morgan fingerprint density at radius 3 is 2.27 bits per heavy atom. The van der Waals surface area contributed by atoms with Crippen molar-refractivity contribution in [3.05, 3.63) is 52.1 Å². The minimum Gasteiger partial charge on any atom is -0.453 e. The highest BCUT2D eigenvalue weighted by Crippen LogP contribution is 2.26. The number of piperidine rings is 1. The van der Waals surface area contributed by atoms with Crippen LogP contribution < -0.4 is 10.6 Å². The molecule has 0 bridgehead atoms. The van der Waals surface area contributed by atoms with Crippen LogP contribution in [0.3, 0.4) is 0 Å². The van der Waals surface area contributed by atoms with Crippen LogP contribution in [-0.4, -0.2) is 44.9 Å². The Morgan fingerprint density at radius 2 is 1.63 bits per heavy atom. The lowest BCUT2D eigenvalue weighted by molar-refractivity contribution is -0.120. The monoisotopic (exact) mass is 543 g/mol. The van der Waals surface area contributed by atoms with E-state index in [2.05, 4.69) is 38.0 Å². The molecular weight excluding hydrogens is 521 g/mol. The molecule has 3 rings (SSSR count). The smallest absolute Gasteiger partial charge is 0.411 e. The number of methoxy groups -OCH3 is 1. The van der Waals surface area contributed by atoms with Gasteiger partial charge in [-0.1, -0.05) is 0 Å². The molecule has 2 amide bonds. The lowest BCUT2D eigenvalue weighted by Crippen LogP contribution is -2.43. The van der Waals surface area contributed by atoms with Gasteiger partial charge in [0.15, 0.2) is 0 Å². The third-order valence-electron chi connectivity index (χ3n) is 4.79. The van der Waals surface area contributed by atoms with Crippen LogP contribution in [0.25, 0.3) is 0 Å². The molecule has 0 spiro atoms. The summed E-state index contributed by atoms with van der Waals surface area (Å²) in [5, 5.41) is 5.34. The van der Waals surface area contributed by atoms with Crippen LogP contribution in [0.15, 0.2) is 53.4 Å². The molecule has 1 aliphatic heterocycles. The molecule has 0 aromatic heterocycles. The molecule has 2 N–H and O–H groups in total. The molecule has 1 heterocycles. The normalized spacial score (nSPS) is 17.2. The summed E-state index contributed by atoms with van der Waals surface area (Å²) in [6, 6.07) is 13.3. The van der Waals surface area contributed by atoms with Gasteiger partial charge in [-0.15, -0.1) is 0 Å². The Balaban J connectivity index is 1.68. The van der Waals surface area contributed by atoms with Crippen molar-refractivity contribution in [2.45, 2.75) is 17.7 Å². The van der Waals surface area contributed by atoms with Crippen molar-refractivity contribution in [2.24, 2.45) is 5.92 Å². The number of rotatable bonds is 5. The average molecular weight is 543 g/mol. The number of nitrogens with zero attached hydrogens (tertiary/aromatic N) is 1. The number of halogens is 1. The second kappa shape index (κ2) is 9.75. The summed E-state index contributed by atoms with van der Waals surface area (Å²) in [5.41, 5.74) is 1.11. The third kappa shape index (κ3) is 5.49. The molecule has 10 heteroatoms. The molecular formula is C20H22IN3O5S. The molecule has 1 saturated heterocycles. The van der Waals surface area contributed by atoms with E-state index in [1.54, 1.807) is 0 Å². The number of carbonyl (C=O) groups is 2. The van der Waals surface area contributed by atoms with E-state index >= 15 is 0 Å². The van der Waals surface area contributed by atoms with E-state index in [-0.39, 0.29) is 17.3 Å². The van der Waals surface area contributed by atoms with Crippen LogP contribution in [-0.2, 0) is 19.6 Å². The summed E-state index contributed by atoms with van der Waals surface area (Å²) in [7, 11) is -2.50. The Kier molecular flexibility index (Phi) is 7.32. The number of nitrogens with one attached hydrogen (secondary N) is 2. The van der Waals surface area contributed by atoms with Crippen molar-refractivity contribution in [1.29, 1.82) is 0 Å². The van der Waals surface area contributed by atoms with E-state index in [1.165, 1.54) is 35.7 Å². The Morgan fingerprint density at radius 1 is 1.03 bits per heavy atom. The fourth-order valence-corrected chi connectivity index (χ4v) is 5.06. The molecule has 2 aromatic rings. The molecule has 2 aromatic carbocycles. The van der Waals surface area contributed by atoms with Crippen LogP contribution >= 0.6 is 22.6 Å². The Hall–Kier alpha value is -2.18. The number of sulfonamides is 1. The van der Waals surface area contributed by atoms with Gasteiger partial charge in [0.25, 0.3) is 0 Å². The molecule has 1 atom stereocenters. The van der Waals surface area contributed by atoms with E-state index in [4.69, 9.17) is 0 Å². The molecule has 0 saturated carbocycles. The van der Waals surface area contributed by atoms with E-state index in [0.717, 1.165) is 3.57 Å². The van der Waals surface area contributed by atoms with Crippen molar-refractivity contribution >= 4 is 56.0 Å². The van der Waals surface area contributed by atoms with Crippen molar-refractivity contribution in [3.8, 4) is 0 Å². The largest absolute Gasteiger partial charge is 0.453 e. The van der Waals surface area contributed by atoms with E-state index in [9.17, 15) is 18.0 Å². The van der Waals surface area contributed by atoms with Crippen LogP contribution in [0.2, 0.25) is 0 Å². The van der Waals surface area contributed by atoms with E-state index in [0.29, 0.717) is 30.8 Å². The SMILES string of the molecule is COC(=O)Nc1ccc(S(=O)(=O)N2CCC[C@H](C(=O)Nc3ccc(I)cc3)C2)cc1. The van der Waals surface area contributed by atoms with E-state index < -0.39 is 22.0 Å². The lowest BCUT2D eigenvalue weighted by Gasteiger charge is -2.31. The molecule has 0 aliphatic carbocycles. The zero-order valence-corrected chi connectivity index (χ0v) is 19.3. The Labute approximate surface area is 189 Å². The standard InChI is InChI=1S/C20H22IN3O5S/c1-29-20(26)23-17-8-10-18(11-9-17)30(27,28)24-12-2-3-14(13-24)19(25)22-16-6-4-15(21)5-7-16/h4-11,14H,2-3,12-13H2,1H3,(H,22,25)(H,23,26)/t14-/m0/s1. The first-order chi connectivity index (χ1) is 14.3. The first-order valence-corrected chi connectivity index (χ1v) is 11.8. The summed E-state index contributed by atoms with van der Waals surface area (Å²) in [6.45, 7) is 0.485. The quantitative estimate of drug-likeness (QED) is 0.562. The number of benzene rings is 2. The maximum Gasteiger partial charge on any atom is 0.411 e. The summed E-state index contributed by atoms with van der Waals surface area (Å²) >= 11 is 2.19. The predicted molar refractivity (Wildman–Crippen MR) is 122 cm³/mol. The van der Waals surface area contributed by atoms with Crippen molar-refractivity contribution < 1.29 is 22.7 Å². The first-order valence-electron chi connectivity index (χ1n) is 9.31. The Bertz CT molecular complexity index is 1010. The van der Waals surface area contributed by atoms with Crippen LogP contribution in [0, 0.1) is 9.49 Å². The molecule has 160 valence electrons. The number of ether oxygens (including phenoxy) is 1. The van der Waals surface area contributed by atoms with Crippen molar-refractivity contribution in [3.63, 3.8) is 0 Å². The third-order valence-corrected chi connectivity index (χ3v) is 7.39. The van der Waals surface area contributed by atoms with Crippen molar-refractivity contribution in [2.75, 3.05) is 30.8 Å². The molecule has 8 nitrogen and oxygen atoms in total. The van der Waals surface area contributed by atoms with Gasteiger partial charge in [-0.05, 0) is 84.0 Å². The molecule has 1 aliphatic rings. The van der Waals surface area contributed by atoms with Gasteiger partial charge in [0.1, 0.15) is 0 Å². The topological polar surface area (TPSA) is 105 Å². The van der Waals surface area contributed by atoms with Gasteiger partial charge in [-0.3, -0.25) is 10.1 Å². The van der Waals surface area contributed by atoms with Crippen molar-refractivity contribution in [1.82, 2.24) is 4.31 Å². The molecule has 0 unspecified atom stereocenters. The molecule has 30 heavy (non-hydrogen) atoms. The predicted octanol–water partition coefficient (Wildman–Crippen LogP) is 3.51.